The molecular formula is C24H28N6O3. The first-order valence-corrected chi connectivity index (χ1v) is 11.1. The van der Waals surface area contributed by atoms with Crippen LogP contribution in [0.5, 0.6) is 5.75 Å². The number of anilines is 1. The van der Waals surface area contributed by atoms with Gasteiger partial charge in [0, 0.05) is 22.9 Å². The van der Waals surface area contributed by atoms with Gasteiger partial charge in [-0.1, -0.05) is 25.8 Å². The Kier molecular flexibility index (Phi) is 6.97. The average Bonchev–Trinajstić information content (AvgIpc) is 3.29. The highest BCUT2D eigenvalue weighted by atomic mass is 16.5. The fourth-order valence-corrected chi connectivity index (χ4v) is 4.01. The molecule has 1 aliphatic rings. The zero-order valence-corrected chi connectivity index (χ0v) is 18.8. The predicted molar refractivity (Wildman–Crippen MR) is 124 cm³/mol. The molecule has 0 saturated heterocycles. The van der Waals surface area contributed by atoms with E-state index in [4.69, 9.17) is 4.74 Å². The van der Waals surface area contributed by atoms with Gasteiger partial charge in [0.2, 0.25) is 11.7 Å². The SMILES string of the molecule is COc1cccc(C(=O)Nc2ccc(-c3nnn(CC(=O)NC4CCCCC4C)n3)cc2)c1. The zero-order chi connectivity index (χ0) is 23.2. The molecule has 9 nitrogen and oxygen atoms in total. The molecule has 0 aliphatic heterocycles. The van der Waals surface area contributed by atoms with Crippen molar-refractivity contribution >= 4 is 17.5 Å². The van der Waals surface area contributed by atoms with Gasteiger partial charge in [0.15, 0.2) is 0 Å². The minimum atomic E-state index is -0.232. The standard InChI is InChI=1S/C24H28N6O3/c1-16-6-3-4-9-21(16)26-22(31)15-30-28-23(27-29-30)17-10-12-19(13-11-17)25-24(32)18-7-5-8-20(14-18)33-2/h5,7-8,10-14,16,21H,3-4,6,9,15H2,1-2H3,(H,25,32)(H,26,31). The molecule has 3 aromatic rings. The molecule has 0 radical (unpaired) electrons. The van der Waals surface area contributed by atoms with Crippen LogP contribution >= 0.6 is 0 Å². The van der Waals surface area contributed by atoms with Gasteiger partial charge in [0.25, 0.3) is 5.91 Å². The Morgan fingerprint density at radius 3 is 2.67 bits per heavy atom. The van der Waals surface area contributed by atoms with E-state index in [1.54, 1.807) is 55.6 Å². The third kappa shape index (κ3) is 5.74. The van der Waals surface area contributed by atoms with Crippen molar-refractivity contribution in [2.75, 3.05) is 12.4 Å². The molecule has 1 aromatic heterocycles. The quantitative estimate of drug-likeness (QED) is 0.574. The molecule has 33 heavy (non-hydrogen) atoms. The summed E-state index contributed by atoms with van der Waals surface area (Å²) in [7, 11) is 1.56. The number of ether oxygens (including phenoxy) is 1. The Labute approximate surface area is 192 Å². The summed E-state index contributed by atoms with van der Waals surface area (Å²) in [6.45, 7) is 2.21. The number of rotatable bonds is 7. The molecule has 2 atom stereocenters. The van der Waals surface area contributed by atoms with Gasteiger partial charge in [-0.15, -0.1) is 10.2 Å². The van der Waals surface area contributed by atoms with Crippen LogP contribution in [0.1, 0.15) is 43.0 Å². The van der Waals surface area contributed by atoms with Crippen LogP contribution in [-0.4, -0.2) is 45.2 Å². The summed E-state index contributed by atoms with van der Waals surface area (Å²) in [6.07, 6.45) is 4.54. The molecule has 2 amide bonds. The number of aromatic nitrogens is 4. The zero-order valence-electron chi connectivity index (χ0n) is 18.8. The average molecular weight is 449 g/mol. The molecule has 2 N–H and O–H groups in total. The normalized spacial score (nSPS) is 17.9. The van der Waals surface area contributed by atoms with E-state index in [1.165, 1.54) is 11.2 Å². The maximum atomic E-state index is 12.5. The van der Waals surface area contributed by atoms with Crippen molar-refractivity contribution in [1.82, 2.24) is 25.5 Å². The monoisotopic (exact) mass is 448 g/mol. The molecule has 1 heterocycles. The highest BCUT2D eigenvalue weighted by Gasteiger charge is 2.23. The fraction of sp³-hybridized carbons (Fsp3) is 0.375. The number of nitrogens with one attached hydrogen (secondary N) is 2. The lowest BCUT2D eigenvalue weighted by Crippen LogP contribution is -2.42. The van der Waals surface area contributed by atoms with Crippen LogP contribution in [0.25, 0.3) is 11.4 Å². The van der Waals surface area contributed by atoms with Crippen LogP contribution < -0.4 is 15.4 Å². The summed E-state index contributed by atoms with van der Waals surface area (Å²) in [6, 6.07) is 14.3. The second kappa shape index (κ2) is 10.2. The molecule has 4 rings (SSSR count). The van der Waals surface area contributed by atoms with Crippen LogP contribution in [0, 0.1) is 5.92 Å². The lowest BCUT2D eigenvalue weighted by Gasteiger charge is -2.29. The van der Waals surface area contributed by atoms with E-state index in [2.05, 4.69) is 33.0 Å². The molecule has 0 spiro atoms. The predicted octanol–water partition coefficient (Wildman–Crippen LogP) is 3.30. The van der Waals surface area contributed by atoms with E-state index in [9.17, 15) is 9.59 Å². The number of carbonyl (C=O) groups is 2. The van der Waals surface area contributed by atoms with Gasteiger partial charge >= 0.3 is 0 Å². The van der Waals surface area contributed by atoms with E-state index < -0.39 is 0 Å². The fourth-order valence-electron chi connectivity index (χ4n) is 4.01. The van der Waals surface area contributed by atoms with Crippen molar-refractivity contribution in [3.8, 4) is 17.1 Å². The molecule has 1 fully saturated rings. The molecule has 9 heteroatoms. The molecular weight excluding hydrogens is 420 g/mol. The molecule has 0 bridgehead atoms. The molecule has 172 valence electrons. The van der Waals surface area contributed by atoms with E-state index in [1.807, 2.05) is 0 Å². The van der Waals surface area contributed by atoms with Crippen molar-refractivity contribution in [1.29, 1.82) is 0 Å². The highest BCUT2D eigenvalue weighted by molar-refractivity contribution is 6.04. The number of hydrogen-bond donors (Lipinski definition) is 2. The number of nitrogens with zero attached hydrogens (tertiary/aromatic N) is 4. The highest BCUT2D eigenvalue weighted by Crippen LogP contribution is 2.23. The first-order valence-electron chi connectivity index (χ1n) is 11.1. The summed E-state index contributed by atoms with van der Waals surface area (Å²) in [5, 5.41) is 18.3. The number of benzene rings is 2. The molecule has 1 saturated carbocycles. The van der Waals surface area contributed by atoms with Crippen molar-refractivity contribution in [2.24, 2.45) is 5.92 Å². The van der Waals surface area contributed by atoms with Crippen molar-refractivity contribution in [3.05, 3.63) is 54.1 Å². The smallest absolute Gasteiger partial charge is 0.255 e. The van der Waals surface area contributed by atoms with Gasteiger partial charge in [-0.05, 0) is 66.4 Å². The largest absolute Gasteiger partial charge is 0.497 e. The molecule has 1 aliphatic carbocycles. The minimum Gasteiger partial charge on any atom is -0.497 e. The summed E-state index contributed by atoms with van der Waals surface area (Å²) < 4.78 is 5.16. The third-order valence-corrected chi connectivity index (χ3v) is 5.93. The van der Waals surface area contributed by atoms with Gasteiger partial charge in [-0.25, -0.2) is 0 Å². The number of hydrogen-bond acceptors (Lipinski definition) is 6. The lowest BCUT2D eigenvalue weighted by atomic mass is 9.86. The van der Waals surface area contributed by atoms with Gasteiger partial charge in [-0.2, -0.15) is 4.80 Å². The summed E-state index contributed by atoms with van der Waals surface area (Å²) in [5.74, 6) is 1.19. The summed E-state index contributed by atoms with van der Waals surface area (Å²) >= 11 is 0. The lowest BCUT2D eigenvalue weighted by molar-refractivity contribution is -0.123. The van der Waals surface area contributed by atoms with E-state index in [-0.39, 0.29) is 24.4 Å². The Hall–Kier alpha value is -3.75. The number of tetrazole rings is 1. The van der Waals surface area contributed by atoms with Crippen molar-refractivity contribution in [3.63, 3.8) is 0 Å². The van der Waals surface area contributed by atoms with E-state index >= 15 is 0 Å². The Morgan fingerprint density at radius 1 is 1.12 bits per heavy atom. The van der Waals surface area contributed by atoms with E-state index in [0.717, 1.165) is 24.8 Å². The van der Waals surface area contributed by atoms with Gasteiger partial charge < -0.3 is 15.4 Å². The first kappa shape index (κ1) is 22.4. The number of amides is 2. The minimum absolute atomic E-state index is 0.0326. The topological polar surface area (TPSA) is 111 Å². The maximum Gasteiger partial charge on any atom is 0.255 e. The van der Waals surface area contributed by atoms with Gasteiger partial charge in [-0.3, -0.25) is 9.59 Å². The summed E-state index contributed by atoms with van der Waals surface area (Å²) in [4.78, 5) is 26.2. The van der Waals surface area contributed by atoms with Crippen LogP contribution in [0.15, 0.2) is 48.5 Å². The van der Waals surface area contributed by atoms with Crippen LogP contribution in [0.2, 0.25) is 0 Å². The van der Waals surface area contributed by atoms with Crippen LogP contribution in [-0.2, 0) is 11.3 Å². The molecule has 2 unspecified atom stereocenters. The third-order valence-electron chi connectivity index (χ3n) is 5.93. The van der Waals surface area contributed by atoms with Gasteiger partial charge in [0.1, 0.15) is 12.3 Å². The Morgan fingerprint density at radius 2 is 1.91 bits per heavy atom. The van der Waals surface area contributed by atoms with Crippen LogP contribution in [0.3, 0.4) is 0 Å². The van der Waals surface area contributed by atoms with Crippen molar-refractivity contribution < 1.29 is 14.3 Å². The maximum absolute atomic E-state index is 12.5. The van der Waals surface area contributed by atoms with E-state index in [0.29, 0.717) is 28.7 Å². The van der Waals surface area contributed by atoms with Crippen LogP contribution in [0.4, 0.5) is 5.69 Å². The first-order chi connectivity index (χ1) is 16.0. The van der Waals surface area contributed by atoms with Gasteiger partial charge in [0.05, 0.1) is 7.11 Å². The van der Waals surface area contributed by atoms with Crippen molar-refractivity contribution in [2.45, 2.75) is 45.2 Å². The number of methoxy groups -OCH3 is 1. The molecule has 2 aromatic carbocycles. The Balaban J connectivity index is 1.34. The Bertz CT molecular complexity index is 1110. The number of carbonyl (C=O) groups excluding carboxylic acids is 2. The second-order valence-electron chi connectivity index (χ2n) is 8.34. The summed E-state index contributed by atoms with van der Waals surface area (Å²) in [5.41, 5.74) is 1.88. The second-order valence-corrected chi connectivity index (χ2v) is 8.34.